The molecule has 13 heavy (non-hydrogen) atoms. The summed E-state index contributed by atoms with van der Waals surface area (Å²) in [6.45, 7) is 8.18. The molecule has 0 heterocycles. The summed E-state index contributed by atoms with van der Waals surface area (Å²) >= 11 is 0. The van der Waals surface area contributed by atoms with Crippen LogP contribution < -0.4 is 4.74 Å². The van der Waals surface area contributed by atoms with Crippen LogP contribution in [0.25, 0.3) is 0 Å². The Labute approximate surface area is 80.7 Å². The van der Waals surface area contributed by atoms with Crippen LogP contribution in [0, 0.1) is 6.42 Å². The summed E-state index contributed by atoms with van der Waals surface area (Å²) in [6, 6.07) is 8.11. The Hall–Kier alpha value is -0.980. The van der Waals surface area contributed by atoms with Crippen LogP contribution in [0.3, 0.4) is 0 Å². The zero-order chi connectivity index (χ0) is 9.90. The second-order valence-electron chi connectivity index (χ2n) is 4.08. The van der Waals surface area contributed by atoms with E-state index in [0.717, 1.165) is 5.75 Å². The summed E-state index contributed by atoms with van der Waals surface area (Å²) in [4.78, 5) is 0. The number of rotatable bonds is 2. The lowest BCUT2D eigenvalue weighted by Crippen LogP contribution is -2.22. The van der Waals surface area contributed by atoms with Crippen molar-refractivity contribution in [3.63, 3.8) is 0 Å². The average molecular weight is 177 g/mol. The molecule has 0 aliphatic carbocycles. The first-order valence-corrected chi connectivity index (χ1v) is 4.60. The Balaban J connectivity index is 2.78. The van der Waals surface area contributed by atoms with Crippen molar-refractivity contribution >= 4 is 0 Å². The molecule has 1 nitrogen and oxygen atoms in total. The minimum Gasteiger partial charge on any atom is -0.488 e. The van der Waals surface area contributed by atoms with Crippen molar-refractivity contribution in [2.45, 2.75) is 33.3 Å². The van der Waals surface area contributed by atoms with Crippen molar-refractivity contribution in [3.8, 4) is 5.75 Å². The molecule has 0 fully saturated rings. The Morgan fingerprint density at radius 3 is 2.46 bits per heavy atom. The molecule has 0 spiro atoms. The van der Waals surface area contributed by atoms with Crippen LogP contribution >= 0.6 is 0 Å². The molecule has 71 valence electrons. The van der Waals surface area contributed by atoms with Gasteiger partial charge in [-0.3, -0.25) is 0 Å². The molecule has 0 saturated heterocycles. The summed E-state index contributed by atoms with van der Waals surface area (Å²) in [5.74, 6) is 0.933. The average Bonchev–Trinajstić information content (AvgIpc) is 2.01. The van der Waals surface area contributed by atoms with Gasteiger partial charge < -0.3 is 4.74 Å². The van der Waals surface area contributed by atoms with Gasteiger partial charge in [-0.2, -0.15) is 0 Å². The van der Waals surface area contributed by atoms with Crippen LogP contribution in [-0.4, -0.2) is 5.60 Å². The lowest BCUT2D eigenvalue weighted by molar-refractivity contribution is 0.131. The van der Waals surface area contributed by atoms with Gasteiger partial charge in [0.25, 0.3) is 0 Å². The fourth-order valence-corrected chi connectivity index (χ4v) is 1.11. The van der Waals surface area contributed by atoms with Crippen molar-refractivity contribution in [2.24, 2.45) is 0 Å². The molecule has 1 aromatic rings. The van der Waals surface area contributed by atoms with E-state index >= 15 is 0 Å². The van der Waals surface area contributed by atoms with Gasteiger partial charge in [-0.1, -0.05) is 19.1 Å². The number of benzene rings is 1. The highest BCUT2D eigenvalue weighted by Crippen LogP contribution is 2.19. The van der Waals surface area contributed by atoms with E-state index in [4.69, 9.17) is 4.74 Å². The predicted octanol–water partition coefficient (Wildman–Crippen LogP) is 3.44. The lowest BCUT2D eigenvalue weighted by Gasteiger charge is -2.21. The van der Waals surface area contributed by atoms with Gasteiger partial charge in [-0.25, -0.2) is 0 Å². The molecule has 0 aliphatic heterocycles. The van der Waals surface area contributed by atoms with Crippen LogP contribution in [0.2, 0.25) is 0 Å². The second-order valence-corrected chi connectivity index (χ2v) is 4.08. The smallest absolute Gasteiger partial charge is 0.120 e. The van der Waals surface area contributed by atoms with E-state index in [1.165, 1.54) is 5.56 Å². The first kappa shape index (κ1) is 10.1. The van der Waals surface area contributed by atoms with Gasteiger partial charge in [0, 0.05) is 0 Å². The Morgan fingerprint density at radius 2 is 1.92 bits per heavy atom. The van der Waals surface area contributed by atoms with Crippen molar-refractivity contribution < 1.29 is 4.74 Å². The van der Waals surface area contributed by atoms with E-state index in [1.807, 2.05) is 25.1 Å². The summed E-state index contributed by atoms with van der Waals surface area (Å²) in [6.07, 6.45) is 2.06. The molecular weight excluding hydrogens is 160 g/mol. The molecule has 0 bridgehead atoms. The van der Waals surface area contributed by atoms with Gasteiger partial charge >= 0.3 is 0 Å². The summed E-state index contributed by atoms with van der Waals surface area (Å²) in [5.41, 5.74) is 1.08. The maximum atomic E-state index is 5.72. The summed E-state index contributed by atoms with van der Waals surface area (Å²) < 4.78 is 5.72. The monoisotopic (exact) mass is 177 g/mol. The molecule has 0 atom stereocenters. The maximum absolute atomic E-state index is 5.72. The quantitative estimate of drug-likeness (QED) is 0.672. The van der Waals surface area contributed by atoms with E-state index in [2.05, 4.69) is 33.3 Å². The summed E-state index contributed by atoms with van der Waals surface area (Å²) in [7, 11) is 0. The van der Waals surface area contributed by atoms with E-state index in [1.54, 1.807) is 0 Å². The molecule has 0 amide bonds. The standard InChI is InChI=1S/C12H17O/c1-5-10-7-6-8-11(9-10)13-12(2,3)4/h5-9H,1-4H3. The molecule has 0 unspecified atom stereocenters. The molecule has 0 saturated carbocycles. The van der Waals surface area contributed by atoms with E-state index in [-0.39, 0.29) is 5.60 Å². The predicted molar refractivity (Wildman–Crippen MR) is 55.9 cm³/mol. The van der Waals surface area contributed by atoms with Crippen LogP contribution in [0.1, 0.15) is 33.3 Å². The fraction of sp³-hybridized carbons (Fsp3) is 0.417. The molecule has 1 aromatic carbocycles. The second kappa shape index (κ2) is 3.82. The van der Waals surface area contributed by atoms with Gasteiger partial charge in [0.1, 0.15) is 11.4 Å². The van der Waals surface area contributed by atoms with Gasteiger partial charge in [-0.05, 0) is 44.9 Å². The van der Waals surface area contributed by atoms with E-state index < -0.39 is 0 Å². The minimum absolute atomic E-state index is 0.119. The fourth-order valence-electron chi connectivity index (χ4n) is 1.11. The van der Waals surface area contributed by atoms with Gasteiger partial charge in [0.15, 0.2) is 0 Å². The first-order chi connectivity index (χ1) is 6.01. The highest BCUT2D eigenvalue weighted by atomic mass is 16.5. The molecule has 1 radical (unpaired) electrons. The van der Waals surface area contributed by atoms with Crippen molar-refractivity contribution in [1.29, 1.82) is 0 Å². The number of hydrogen-bond acceptors (Lipinski definition) is 1. The van der Waals surface area contributed by atoms with E-state index in [0.29, 0.717) is 0 Å². The molecule has 0 aliphatic rings. The molecule has 0 N–H and O–H groups in total. The SMILES string of the molecule is C[CH]c1cccc(OC(C)(C)C)c1. The van der Waals surface area contributed by atoms with Gasteiger partial charge in [0.05, 0.1) is 0 Å². The number of hydrogen-bond donors (Lipinski definition) is 0. The van der Waals surface area contributed by atoms with Gasteiger partial charge in [-0.15, -0.1) is 0 Å². The van der Waals surface area contributed by atoms with Gasteiger partial charge in [0.2, 0.25) is 0 Å². The van der Waals surface area contributed by atoms with Crippen LogP contribution in [0.4, 0.5) is 0 Å². The Morgan fingerprint density at radius 1 is 1.23 bits per heavy atom. The molecule has 0 aromatic heterocycles. The zero-order valence-electron chi connectivity index (χ0n) is 8.79. The third-order valence-corrected chi connectivity index (χ3v) is 1.62. The Bertz CT molecular complexity index is 271. The molecule has 1 heteroatoms. The first-order valence-electron chi connectivity index (χ1n) is 4.60. The largest absolute Gasteiger partial charge is 0.488 e. The molecular formula is C12H17O. The maximum Gasteiger partial charge on any atom is 0.120 e. The van der Waals surface area contributed by atoms with Crippen molar-refractivity contribution in [1.82, 2.24) is 0 Å². The highest BCUT2D eigenvalue weighted by molar-refractivity contribution is 5.32. The lowest BCUT2D eigenvalue weighted by atomic mass is 10.1. The minimum atomic E-state index is -0.119. The van der Waals surface area contributed by atoms with Crippen molar-refractivity contribution in [2.75, 3.05) is 0 Å². The van der Waals surface area contributed by atoms with Crippen LogP contribution in [-0.2, 0) is 0 Å². The summed E-state index contributed by atoms with van der Waals surface area (Å²) in [5, 5.41) is 0. The third kappa shape index (κ3) is 3.49. The number of ether oxygens (including phenoxy) is 1. The third-order valence-electron chi connectivity index (χ3n) is 1.62. The molecule has 1 rings (SSSR count). The van der Waals surface area contributed by atoms with E-state index in [9.17, 15) is 0 Å². The van der Waals surface area contributed by atoms with Crippen molar-refractivity contribution in [3.05, 3.63) is 36.2 Å². The van der Waals surface area contributed by atoms with Crippen LogP contribution in [0.15, 0.2) is 24.3 Å². The zero-order valence-corrected chi connectivity index (χ0v) is 8.79. The normalized spacial score (nSPS) is 11.4. The van der Waals surface area contributed by atoms with Crippen LogP contribution in [0.5, 0.6) is 5.75 Å². The Kier molecular flexibility index (Phi) is 2.97. The topological polar surface area (TPSA) is 9.23 Å². The highest BCUT2D eigenvalue weighted by Gasteiger charge is 2.11.